The van der Waals surface area contributed by atoms with Gasteiger partial charge in [0.05, 0.1) is 0 Å². The smallest absolute Gasteiger partial charge is 0.303 e. The van der Waals surface area contributed by atoms with E-state index in [2.05, 4.69) is 4.99 Å². The summed E-state index contributed by atoms with van der Waals surface area (Å²) in [4.78, 5) is 27.4. The molecule has 0 aromatic heterocycles. The quantitative estimate of drug-likeness (QED) is 0.518. The van der Waals surface area contributed by atoms with Gasteiger partial charge in [0, 0.05) is 30.1 Å². The second kappa shape index (κ2) is 8.03. The second-order valence-electron chi connectivity index (χ2n) is 5.45. The van der Waals surface area contributed by atoms with Gasteiger partial charge in [-0.2, -0.15) is 0 Å². The van der Waals surface area contributed by atoms with Gasteiger partial charge in [-0.05, 0) is 37.8 Å². The number of Topliss-reactive ketones (excluding diaryl/α,β-unsaturated/α-hetero) is 1. The highest BCUT2D eigenvalue weighted by atomic mass is 33.1. The molecule has 4 nitrogen and oxygen atoms in total. The molecule has 0 bridgehead atoms. The van der Waals surface area contributed by atoms with Crippen LogP contribution in [0.5, 0.6) is 0 Å². The van der Waals surface area contributed by atoms with E-state index in [0.717, 1.165) is 18.1 Å². The minimum absolute atomic E-state index is 0.0244. The Labute approximate surface area is 133 Å². The fourth-order valence-corrected chi connectivity index (χ4v) is 5.64. The van der Waals surface area contributed by atoms with Crippen LogP contribution < -0.4 is 0 Å². The maximum absolute atomic E-state index is 12.4. The SMILES string of the molecule is O=C(O)CCC1(C(=O)CCCCC2CCSS2)C=CC=N1. The summed E-state index contributed by atoms with van der Waals surface area (Å²) in [6, 6.07) is 0. The van der Waals surface area contributed by atoms with E-state index in [1.807, 2.05) is 21.6 Å². The van der Waals surface area contributed by atoms with Gasteiger partial charge in [0.1, 0.15) is 5.54 Å². The molecule has 1 saturated heterocycles. The Bertz CT molecular complexity index is 430. The molecule has 1 fully saturated rings. The standard InChI is InChI=1S/C15H21NO3S2/c17-13(5-2-1-4-12-7-11-20-21-12)15(8-3-10-16-15)9-6-14(18)19/h3,8,10,12H,1-2,4-7,9,11H2,(H,18,19). The average Bonchev–Trinajstić information content (AvgIpc) is 3.13. The van der Waals surface area contributed by atoms with Gasteiger partial charge in [-0.25, -0.2) is 0 Å². The lowest BCUT2D eigenvalue weighted by Gasteiger charge is -2.22. The van der Waals surface area contributed by atoms with E-state index >= 15 is 0 Å². The summed E-state index contributed by atoms with van der Waals surface area (Å²) >= 11 is 0. The summed E-state index contributed by atoms with van der Waals surface area (Å²) < 4.78 is 0. The predicted molar refractivity (Wildman–Crippen MR) is 89.2 cm³/mol. The molecule has 1 N–H and O–H groups in total. The number of aliphatic imine (C=N–C) groups is 1. The lowest BCUT2D eigenvalue weighted by molar-refractivity contribution is -0.137. The Morgan fingerprint density at radius 2 is 2.19 bits per heavy atom. The highest BCUT2D eigenvalue weighted by molar-refractivity contribution is 8.77. The average molecular weight is 327 g/mol. The molecule has 2 heterocycles. The zero-order valence-electron chi connectivity index (χ0n) is 12.0. The Morgan fingerprint density at radius 3 is 2.81 bits per heavy atom. The van der Waals surface area contributed by atoms with Crippen LogP contribution in [0, 0.1) is 0 Å². The van der Waals surface area contributed by atoms with Crippen molar-refractivity contribution in [3.8, 4) is 0 Å². The fraction of sp³-hybridized carbons (Fsp3) is 0.667. The van der Waals surface area contributed by atoms with E-state index in [9.17, 15) is 9.59 Å². The van der Waals surface area contributed by atoms with Crippen LogP contribution in [-0.2, 0) is 9.59 Å². The van der Waals surface area contributed by atoms with Crippen LogP contribution in [0.1, 0.15) is 44.9 Å². The molecule has 2 rings (SSSR count). The van der Waals surface area contributed by atoms with E-state index in [1.165, 1.54) is 18.6 Å². The minimum Gasteiger partial charge on any atom is -0.481 e. The van der Waals surface area contributed by atoms with Gasteiger partial charge in [-0.1, -0.05) is 28.0 Å². The van der Waals surface area contributed by atoms with Crippen molar-refractivity contribution in [3.05, 3.63) is 12.2 Å². The Kier molecular flexibility index (Phi) is 6.36. The number of nitrogens with zero attached hydrogens (tertiary/aromatic N) is 1. The van der Waals surface area contributed by atoms with Crippen molar-refractivity contribution in [1.29, 1.82) is 0 Å². The monoisotopic (exact) mass is 327 g/mol. The van der Waals surface area contributed by atoms with E-state index < -0.39 is 11.5 Å². The minimum atomic E-state index is -0.906. The number of carboxylic acid groups (broad SMARTS) is 1. The van der Waals surface area contributed by atoms with Crippen molar-refractivity contribution in [2.24, 2.45) is 4.99 Å². The first-order valence-electron chi connectivity index (χ1n) is 7.39. The Morgan fingerprint density at radius 1 is 1.33 bits per heavy atom. The number of allylic oxidation sites excluding steroid dienone is 1. The molecular weight excluding hydrogens is 306 g/mol. The van der Waals surface area contributed by atoms with Gasteiger partial charge in [0.2, 0.25) is 0 Å². The lowest BCUT2D eigenvalue weighted by Crippen LogP contribution is -2.34. The molecule has 116 valence electrons. The molecule has 0 spiro atoms. The van der Waals surface area contributed by atoms with Crippen molar-refractivity contribution in [1.82, 2.24) is 0 Å². The third-order valence-corrected chi connectivity index (χ3v) is 6.88. The topological polar surface area (TPSA) is 66.7 Å². The van der Waals surface area contributed by atoms with E-state index in [1.54, 1.807) is 18.4 Å². The number of unbranched alkanes of at least 4 members (excludes halogenated alkanes) is 1. The van der Waals surface area contributed by atoms with Crippen LogP contribution >= 0.6 is 21.6 Å². The maximum atomic E-state index is 12.4. The fourth-order valence-electron chi connectivity index (χ4n) is 2.61. The maximum Gasteiger partial charge on any atom is 0.303 e. The van der Waals surface area contributed by atoms with Crippen molar-refractivity contribution in [2.45, 2.75) is 55.7 Å². The molecule has 0 aromatic rings. The summed E-state index contributed by atoms with van der Waals surface area (Å²) in [7, 11) is 3.91. The number of carbonyl (C=O) groups excluding carboxylic acids is 1. The predicted octanol–water partition coefficient (Wildman–Crippen LogP) is 3.51. The van der Waals surface area contributed by atoms with Crippen molar-refractivity contribution in [3.63, 3.8) is 0 Å². The summed E-state index contributed by atoms with van der Waals surface area (Å²) in [5.41, 5.74) is -0.906. The summed E-state index contributed by atoms with van der Waals surface area (Å²) in [5, 5.41) is 9.56. The number of aliphatic carboxylic acids is 1. The van der Waals surface area contributed by atoms with Crippen LogP contribution in [0.2, 0.25) is 0 Å². The molecule has 0 amide bonds. The van der Waals surface area contributed by atoms with Crippen LogP contribution in [-0.4, -0.2) is 39.6 Å². The molecule has 2 aliphatic heterocycles. The molecular formula is C15H21NO3S2. The molecule has 2 aliphatic rings. The van der Waals surface area contributed by atoms with Crippen molar-refractivity contribution < 1.29 is 14.7 Å². The molecule has 21 heavy (non-hydrogen) atoms. The zero-order valence-corrected chi connectivity index (χ0v) is 13.6. The number of carboxylic acids is 1. The van der Waals surface area contributed by atoms with Gasteiger partial charge in [-0.3, -0.25) is 14.6 Å². The number of ketones is 1. The molecule has 0 radical (unpaired) electrons. The van der Waals surface area contributed by atoms with Gasteiger partial charge < -0.3 is 5.11 Å². The third kappa shape index (κ3) is 4.88. The normalized spacial score (nSPS) is 27.3. The second-order valence-corrected chi connectivity index (χ2v) is 8.24. The number of hydrogen-bond donors (Lipinski definition) is 1. The first-order valence-corrected chi connectivity index (χ1v) is 9.77. The first-order chi connectivity index (χ1) is 10.1. The number of carbonyl (C=O) groups is 2. The molecule has 2 unspecified atom stereocenters. The molecule has 0 aromatic carbocycles. The van der Waals surface area contributed by atoms with Crippen LogP contribution in [0.15, 0.2) is 17.1 Å². The van der Waals surface area contributed by atoms with Gasteiger partial charge >= 0.3 is 5.97 Å². The van der Waals surface area contributed by atoms with E-state index in [-0.39, 0.29) is 18.6 Å². The van der Waals surface area contributed by atoms with Crippen LogP contribution in [0.25, 0.3) is 0 Å². The van der Waals surface area contributed by atoms with Gasteiger partial charge in [0.25, 0.3) is 0 Å². The number of rotatable bonds is 9. The molecule has 6 heteroatoms. The molecule has 0 aliphatic carbocycles. The highest BCUT2D eigenvalue weighted by Crippen LogP contribution is 2.40. The Balaban J connectivity index is 1.75. The summed E-state index contributed by atoms with van der Waals surface area (Å²) in [6.07, 6.45) is 10.2. The van der Waals surface area contributed by atoms with Gasteiger partial charge in [-0.15, -0.1) is 0 Å². The van der Waals surface area contributed by atoms with E-state index in [0.29, 0.717) is 6.42 Å². The summed E-state index contributed by atoms with van der Waals surface area (Å²) in [6.45, 7) is 0. The van der Waals surface area contributed by atoms with E-state index in [4.69, 9.17) is 5.11 Å². The Hall–Kier alpha value is -0.750. The van der Waals surface area contributed by atoms with Gasteiger partial charge in [0.15, 0.2) is 5.78 Å². The van der Waals surface area contributed by atoms with Crippen molar-refractivity contribution in [2.75, 3.05) is 5.75 Å². The third-order valence-electron chi connectivity index (χ3n) is 3.87. The zero-order chi connectivity index (χ0) is 15.1. The molecule has 0 saturated carbocycles. The highest BCUT2D eigenvalue weighted by Gasteiger charge is 2.35. The summed E-state index contributed by atoms with van der Waals surface area (Å²) in [5.74, 6) is 0.419. The van der Waals surface area contributed by atoms with Crippen molar-refractivity contribution >= 4 is 39.6 Å². The molecule has 2 atom stereocenters. The van der Waals surface area contributed by atoms with Crippen LogP contribution in [0.3, 0.4) is 0 Å². The first kappa shape index (κ1) is 16.6. The largest absolute Gasteiger partial charge is 0.481 e. The number of hydrogen-bond acceptors (Lipinski definition) is 5. The lowest BCUT2D eigenvalue weighted by atomic mass is 9.87. The van der Waals surface area contributed by atoms with Crippen LogP contribution in [0.4, 0.5) is 0 Å².